The van der Waals surface area contributed by atoms with Crippen LogP contribution < -0.4 is 4.74 Å². The summed E-state index contributed by atoms with van der Waals surface area (Å²) < 4.78 is 5.34. The van der Waals surface area contributed by atoms with Crippen LogP contribution in [0.5, 0.6) is 5.75 Å². The molecule has 2 nitrogen and oxygen atoms in total. The summed E-state index contributed by atoms with van der Waals surface area (Å²) in [7, 11) is 1.68. The molecule has 0 saturated heterocycles. The smallest absolute Gasteiger partial charge is 0.122 e. The van der Waals surface area contributed by atoms with Gasteiger partial charge in [-0.1, -0.05) is 131 Å². The first-order valence-corrected chi connectivity index (χ1v) is 17.2. The Balaban J connectivity index is 0.000000164. The average molecular weight is 653 g/mol. The summed E-state index contributed by atoms with van der Waals surface area (Å²) in [6.07, 6.45) is 1.03. The summed E-state index contributed by atoms with van der Waals surface area (Å²) in [5, 5.41) is 9.31. The van der Waals surface area contributed by atoms with E-state index in [9.17, 15) is 5.11 Å². The number of benzene rings is 6. The fraction of sp³-hybridized carbons (Fsp3) is 0.200. The van der Waals surface area contributed by atoms with Crippen molar-refractivity contribution in [1.29, 1.82) is 0 Å². The van der Waals surface area contributed by atoms with Gasteiger partial charge in [0, 0.05) is 9.79 Å². The summed E-state index contributed by atoms with van der Waals surface area (Å²) in [6, 6.07) is 47.0. The van der Waals surface area contributed by atoms with Crippen molar-refractivity contribution in [2.24, 2.45) is 0 Å². The minimum Gasteiger partial charge on any atom is -0.496 e. The third kappa shape index (κ3) is 11.3. The largest absolute Gasteiger partial charge is 0.496 e. The molecule has 246 valence electrons. The Bertz CT molecular complexity index is 1630. The predicted molar refractivity (Wildman–Crippen MR) is 205 cm³/mol. The predicted octanol–water partition coefficient (Wildman–Crippen LogP) is 11.8. The normalized spacial score (nSPS) is 10.3. The molecule has 0 bridgehead atoms. The lowest BCUT2D eigenvalue weighted by Crippen LogP contribution is -1.91. The van der Waals surface area contributed by atoms with E-state index in [1.807, 2.05) is 38.1 Å². The van der Waals surface area contributed by atoms with Gasteiger partial charge in [0.05, 0.1) is 13.7 Å². The second kappa shape index (κ2) is 18.1. The highest BCUT2D eigenvalue weighted by Crippen LogP contribution is 2.29. The molecule has 0 atom stereocenters. The topological polar surface area (TPSA) is 29.5 Å². The van der Waals surface area contributed by atoms with Crippen LogP contribution in [0.25, 0.3) is 11.1 Å². The molecule has 0 heterocycles. The van der Waals surface area contributed by atoms with Crippen LogP contribution in [0.3, 0.4) is 0 Å². The van der Waals surface area contributed by atoms with E-state index in [1.165, 1.54) is 43.2 Å². The van der Waals surface area contributed by atoms with E-state index >= 15 is 0 Å². The lowest BCUT2D eigenvalue weighted by atomic mass is 9.99. The van der Waals surface area contributed by atoms with Gasteiger partial charge in [-0.05, 0) is 123 Å². The quantitative estimate of drug-likeness (QED) is 0.186. The summed E-state index contributed by atoms with van der Waals surface area (Å²) in [6.45, 7) is 12.6. The van der Waals surface area contributed by atoms with Gasteiger partial charge in [-0.15, -0.1) is 0 Å². The molecule has 0 spiro atoms. The van der Waals surface area contributed by atoms with Gasteiger partial charge in [0.15, 0.2) is 0 Å². The number of rotatable bonds is 7. The van der Waals surface area contributed by atoms with Crippen molar-refractivity contribution in [3.05, 3.63) is 184 Å². The maximum absolute atomic E-state index is 9.31. The fourth-order valence-corrected chi connectivity index (χ4v) is 5.83. The summed E-state index contributed by atoms with van der Waals surface area (Å²) >= 11 is 1.80. The zero-order valence-corrected chi connectivity index (χ0v) is 30.2. The first-order valence-electron chi connectivity index (χ1n) is 16.4. The molecular weight excluding hydrogens is 605 g/mol. The van der Waals surface area contributed by atoms with Gasteiger partial charge < -0.3 is 9.84 Å². The van der Waals surface area contributed by atoms with E-state index in [4.69, 9.17) is 4.74 Å². The van der Waals surface area contributed by atoms with E-state index in [0.29, 0.717) is 0 Å². The zero-order chi connectivity index (χ0) is 34.5. The molecule has 0 unspecified atom stereocenters. The molecule has 6 aromatic carbocycles. The van der Waals surface area contributed by atoms with Crippen molar-refractivity contribution in [1.82, 2.24) is 0 Å². The molecule has 0 radical (unpaired) electrons. The van der Waals surface area contributed by atoms with Crippen molar-refractivity contribution in [3.63, 3.8) is 0 Å². The third-order valence-electron chi connectivity index (χ3n) is 8.19. The fourth-order valence-electron chi connectivity index (χ4n) is 5.02. The van der Waals surface area contributed by atoms with E-state index in [1.54, 1.807) is 18.9 Å². The van der Waals surface area contributed by atoms with Crippen molar-refractivity contribution in [3.8, 4) is 16.9 Å². The maximum Gasteiger partial charge on any atom is 0.122 e. The Kier molecular flexibility index (Phi) is 13.7. The molecule has 0 aliphatic carbocycles. The maximum atomic E-state index is 9.31. The van der Waals surface area contributed by atoms with E-state index < -0.39 is 0 Å². The second-order valence-electron chi connectivity index (χ2n) is 12.4. The lowest BCUT2D eigenvalue weighted by molar-refractivity contribution is 0.281. The molecule has 0 saturated carbocycles. The Morgan fingerprint density at radius 2 is 0.875 bits per heavy atom. The molecule has 3 heteroatoms. The zero-order valence-electron chi connectivity index (χ0n) is 29.4. The van der Waals surface area contributed by atoms with Crippen LogP contribution >= 0.6 is 11.8 Å². The van der Waals surface area contributed by atoms with Gasteiger partial charge in [-0.25, -0.2) is 0 Å². The van der Waals surface area contributed by atoms with Crippen LogP contribution in [0.15, 0.2) is 143 Å². The molecule has 0 aromatic heterocycles. The lowest BCUT2D eigenvalue weighted by Gasteiger charge is -2.10. The Morgan fingerprint density at radius 1 is 0.479 bits per heavy atom. The highest BCUT2D eigenvalue weighted by Gasteiger charge is 2.05. The molecule has 6 aromatic rings. The number of aliphatic hydroxyl groups is 1. The highest BCUT2D eigenvalue weighted by atomic mass is 32.2. The van der Waals surface area contributed by atoms with E-state index in [-0.39, 0.29) is 6.61 Å². The third-order valence-corrected chi connectivity index (χ3v) is 9.20. The van der Waals surface area contributed by atoms with Gasteiger partial charge in [0.2, 0.25) is 0 Å². The first kappa shape index (κ1) is 36.3. The van der Waals surface area contributed by atoms with E-state index in [2.05, 4.69) is 137 Å². The molecule has 48 heavy (non-hydrogen) atoms. The van der Waals surface area contributed by atoms with Crippen LogP contribution in [0.2, 0.25) is 0 Å². The van der Waals surface area contributed by atoms with Gasteiger partial charge in [0.1, 0.15) is 5.75 Å². The number of aryl methyl sites for hydroxylation is 6. The van der Waals surface area contributed by atoms with Gasteiger partial charge in [-0.3, -0.25) is 0 Å². The van der Waals surface area contributed by atoms with Gasteiger partial charge in [-0.2, -0.15) is 0 Å². The standard InChI is InChI=1S/C16H18O2.C15H16.C14H14S/c1-11-4-6-13(8-15(11)10-17)14-7-5-12(2)16(9-14)18-3;1-12-3-7-14(8-4-12)11-15-9-5-13(2)6-10-15;1-11-3-7-13(8-4-11)15-14-9-5-12(2)6-10-14/h4-9,17H,10H2,1-3H3;3-10H,11H2,1-2H3;3-10H,1-2H3. The molecule has 1 N–H and O–H groups in total. The molecule has 0 amide bonds. The minimum absolute atomic E-state index is 0.0721. The molecule has 0 fully saturated rings. The first-order chi connectivity index (χ1) is 23.1. The van der Waals surface area contributed by atoms with Gasteiger partial charge in [0.25, 0.3) is 0 Å². The number of methoxy groups -OCH3 is 1. The second-order valence-corrected chi connectivity index (χ2v) is 13.5. The molecule has 0 aliphatic heterocycles. The Labute approximate surface area is 292 Å². The number of hydrogen-bond acceptors (Lipinski definition) is 3. The van der Waals surface area contributed by atoms with Crippen LogP contribution in [0.1, 0.15) is 50.1 Å². The number of hydrogen-bond donors (Lipinski definition) is 1. The molecule has 0 aliphatic rings. The van der Waals surface area contributed by atoms with Crippen molar-refractivity contribution < 1.29 is 9.84 Å². The number of aliphatic hydroxyl groups excluding tert-OH is 1. The van der Waals surface area contributed by atoms with Crippen molar-refractivity contribution in [2.75, 3.05) is 7.11 Å². The van der Waals surface area contributed by atoms with Crippen molar-refractivity contribution >= 4 is 11.8 Å². The Morgan fingerprint density at radius 3 is 1.29 bits per heavy atom. The molecular formula is C45H48O2S. The monoisotopic (exact) mass is 652 g/mol. The average Bonchev–Trinajstić information content (AvgIpc) is 3.10. The minimum atomic E-state index is 0.0721. The van der Waals surface area contributed by atoms with Gasteiger partial charge >= 0.3 is 0 Å². The van der Waals surface area contributed by atoms with E-state index in [0.717, 1.165) is 40.0 Å². The van der Waals surface area contributed by atoms with Crippen molar-refractivity contribution in [2.45, 2.75) is 64.4 Å². The molecule has 6 rings (SSSR count). The number of ether oxygens (including phenoxy) is 1. The highest BCUT2D eigenvalue weighted by molar-refractivity contribution is 7.99. The van der Waals surface area contributed by atoms with Crippen LogP contribution in [0, 0.1) is 41.5 Å². The van der Waals surface area contributed by atoms with Crippen LogP contribution in [0.4, 0.5) is 0 Å². The van der Waals surface area contributed by atoms with Crippen LogP contribution in [-0.2, 0) is 13.0 Å². The summed E-state index contributed by atoms with van der Waals surface area (Å²) in [5.74, 6) is 0.888. The summed E-state index contributed by atoms with van der Waals surface area (Å²) in [5.41, 5.74) is 13.4. The SMILES string of the molecule is COc1cc(-c2ccc(C)c(CO)c2)ccc1C.Cc1ccc(Cc2ccc(C)cc2)cc1.Cc1ccc(Sc2ccc(C)cc2)cc1. The van der Waals surface area contributed by atoms with Crippen LogP contribution in [-0.4, -0.2) is 12.2 Å². The summed E-state index contributed by atoms with van der Waals surface area (Å²) in [4.78, 5) is 2.59. The Hall–Kier alpha value is -4.57.